The first-order valence-corrected chi connectivity index (χ1v) is 7.57. The van der Waals surface area contributed by atoms with Gasteiger partial charge < -0.3 is 14.4 Å². The highest BCUT2D eigenvalue weighted by molar-refractivity contribution is 4.95. The van der Waals surface area contributed by atoms with Crippen molar-refractivity contribution in [3.05, 3.63) is 11.7 Å². The predicted molar refractivity (Wildman–Crippen MR) is 74.3 cm³/mol. The number of morpholine rings is 1. The molecule has 1 aliphatic rings. The maximum atomic E-state index is 9.77. The molecule has 6 nitrogen and oxygen atoms in total. The van der Waals surface area contributed by atoms with Crippen LogP contribution in [0.2, 0.25) is 0 Å². The van der Waals surface area contributed by atoms with Crippen LogP contribution < -0.4 is 0 Å². The maximum Gasteiger partial charge on any atom is 0.229 e. The first-order chi connectivity index (χ1) is 9.72. The van der Waals surface area contributed by atoms with Crippen LogP contribution in [0.4, 0.5) is 0 Å². The fourth-order valence-corrected chi connectivity index (χ4v) is 2.50. The van der Waals surface area contributed by atoms with E-state index in [1.165, 1.54) is 0 Å². The molecular weight excluding hydrogens is 258 g/mol. The molecule has 0 saturated carbocycles. The number of aromatic nitrogens is 2. The van der Waals surface area contributed by atoms with Crippen molar-refractivity contribution in [1.29, 1.82) is 0 Å². The van der Waals surface area contributed by atoms with Gasteiger partial charge in [-0.2, -0.15) is 4.98 Å². The van der Waals surface area contributed by atoms with E-state index in [1.807, 2.05) is 6.92 Å². The van der Waals surface area contributed by atoms with Crippen LogP contribution >= 0.6 is 0 Å². The Hall–Kier alpha value is -0.980. The molecule has 1 saturated heterocycles. The molecule has 2 rings (SSSR count). The van der Waals surface area contributed by atoms with Gasteiger partial charge in [-0.05, 0) is 19.4 Å². The Morgan fingerprint density at radius 2 is 2.25 bits per heavy atom. The lowest BCUT2D eigenvalue weighted by Crippen LogP contribution is -2.39. The van der Waals surface area contributed by atoms with Crippen molar-refractivity contribution in [1.82, 2.24) is 15.0 Å². The van der Waals surface area contributed by atoms with Crippen molar-refractivity contribution in [3.63, 3.8) is 0 Å². The van der Waals surface area contributed by atoms with Gasteiger partial charge in [-0.25, -0.2) is 0 Å². The lowest BCUT2D eigenvalue weighted by Gasteiger charge is -2.30. The van der Waals surface area contributed by atoms with Crippen LogP contribution in [0.5, 0.6) is 0 Å². The quantitative estimate of drug-likeness (QED) is 0.818. The van der Waals surface area contributed by atoms with Gasteiger partial charge in [0, 0.05) is 13.1 Å². The molecule has 0 bridgehead atoms. The van der Waals surface area contributed by atoms with Gasteiger partial charge >= 0.3 is 0 Å². The summed E-state index contributed by atoms with van der Waals surface area (Å²) >= 11 is 0. The van der Waals surface area contributed by atoms with E-state index in [0.29, 0.717) is 24.7 Å². The molecule has 1 N–H and O–H groups in total. The van der Waals surface area contributed by atoms with Crippen LogP contribution in [0.1, 0.15) is 50.9 Å². The van der Waals surface area contributed by atoms with E-state index in [4.69, 9.17) is 9.26 Å². The number of rotatable bonds is 7. The van der Waals surface area contributed by atoms with E-state index in [2.05, 4.69) is 22.0 Å². The molecule has 2 unspecified atom stereocenters. The van der Waals surface area contributed by atoms with E-state index < -0.39 is 6.10 Å². The highest BCUT2D eigenvalue weighted by Gasteiger charge is 2.26. The molecule has 0 radical (unpaired) electrons. The maximum absolute atomic E-state index is 9.77. The Balaban J connectivity index is 1.90. The number of hydrogen-bond acceptors (Lipinski definition) is 6. The molecule has 0 aromatic carbocycles. The minimum atomic E-state index is -0.405. The minimum Gasteiger partial charge on any atom is -0.393 e. The number of hydrogen-bond donors (Lipinski definition) is 1. The molecule has 2 heterocycles. The molecule has 20 heavy (non-hydrogen) atoms. The van der Waals surface area contributed by atoms with E-state index in [9.17, 15) is 5.11 Å². The van der Waals surface area contributed by atoms with Gasteiger partial charge in [-0.15, -0.1) is 0 Å². The molecule has 1 aromatic heterocycles. The van der Waals surface area contributed by atoms with Crippen LogP contribution in [-0.4, -0.2) is 52.5 Å². The Labute approximate surface area is 120 Å². The van der Waals surface area contributed by atoms with Gasteiger partial charge in [-0.1, -0.05) is 25.4 Å². The fraction of sp³-hybridized carbons (Fsp3) is 0.857. The predicted octanol–water partition coefficient (Wildman–Crippen LogP) is 1.56. The summed E-state index contributed by atoms with van der Waals surface area (Å²) < 4.78 is 10.9. The van der Waals surface area contributed by atoms with E-state index >= 15 is 0 Å². The first kappa shape index (κ1) is 15.4. The summed E-state index contributed by atoms with van der Waals surface area (Å²) in [7, 11) is 0. The van der Waals surface area contributed by atoms with E-state index in [1.54, 1.807) is 0 Å². The average molecular weight is 283 g/mol. The average Bonchev–Trinajstić information content (AvgIpc) is 2.88. The zero-order chi connectivity index (χ0) is 14.4. The van der Waals surface area contributed by atoms with Gasteiger partial charge in [0.1, 0.15) is 6.10 Å². The Morgan fingerprint density at radius 1 is 1.40 bits per heavy atom. The molecule has 1 fully saturated rings. The van der Waals surface area contributed by atoms with Gasteiger partial charge in [0.15, 0.2) is 0 Å². The second-order valence-corrected chi connectivity index (χ2v) is 5.35. The third-order valence-electron chi connectivity index (χ3n) is 3.49. The third kappa shape index (κ3) is 4.26. The van der Waals surface area contributed by atoms with Crippen molar-refractivity contribution < 1.29 is 14.4 Å². The zero-order valence-electron chi connectivity index (χ0n) is 12.4. The van der Waals surface area contributed by atoms with Crippen LogP contribution in [0.15, 0.2) is 4.52 Å². The standard InChI is InChI=1S/C14H25N3O3/c1-3-5-11(18)9-13-15-14(16-20-13)12-10-17(6-4-2)7-8-19-12/h11-12,18H,3-10H2,1-2H3. The number of nitrogens with zero attached hydrogens (tertiary/aromatic N) is 3. The molecular formula is C14H25N3O3. The highest BCUT2D eigenvalue weighted by atomic mass is 16.5. The molecule has 0 amide bonds. The van der Waals surface area contributed by atoms with Crippen molar-refractivity contribution in [2.24, 2.45) is 0 Å². The Kier molecular flexibility index (Phi) is 5.94. The van der Waals surface area contributed by atoms with Crippen molar-refractivity contribution in [2.45, 2.75) is 51.7 Å². The second kappa shape index (κ2) is 7.71. The fourth-order valence-electron chi connectivity index (χ4n) is 2.50. The normalized spacial score (nSPS) is 22.1. The summed E-state index contributed by atoms with van der Waals surface area (Å²) in [6, 6.07) is 0. The van der Waals surface area contributed by atoms with Crippen LogP contribution in [0.25, 0.3) is 0 Å². The third-order valence-corrected chi connectivity index (χ3v) is 3.49. The molecule has 114 valence electrons. The molecule has 6 heteroatoms. The zero-order valence-corrected chi connectivity index (χ0v) is 12.4. The molecule has 2 atom stereocenters. The van der Waals surface area contributed by atoms with Gasteiger partial charge in [0.2, 0.25) is 11.7 Å². The first-order valence-electron chi connectivity index (χ1n) is 7.57. The van der Waals surface area contributed by atoms with Gasteiger partial charge in [0.05, 0.1) is 19.1 Å². The monoisotopic (exact) mass is 283 g/mol. The minimum absolute atomic E-state index is 0.115. The summed E-state index contributed by atoms with van der Waals surface area (Å²) in [6.07, 6.45) is 2.73. The smallest absolute Gasteiger partial charge is 0.229 e. The Bertz CT molecular complexity index is 395. The van der Waals surface area contributed by atoms with Crippen LogP contribution in [-0.2, 0) is 11.2 Å². The largest absolute Gasteiger partial charge is 0.393 e. The van der Waals surface area contributed by atoms with E-state index in [-0.39, 0.29) is 6.10 Å². The SMILES string of the molecule is CCCC(O)Cc1nc(C2CN(CCC)CCO2)no1. The van der Waals surface area contributed by atoms with Gasteiger partial charge in [-0.3, -0.25) is 4.90 Å². The summed E-state index contributed by atoms with van der Waals surface area (Å²) in [5.74, 6) is 1.10. The topological polar surface area (TPSA) is 71.6 Å². The van der Waals surface area contributed by atoms with Crippen molar-refractivity contribution in [3.8, 4) is 0 Å². The summed E-state index contributed by atoms with van der Waals surface area (Å²) in [5, 5.41) is 13.8. The summed E-state index contributed by atoms with van der Waals surface area (Å²) in [5.41, 5.74) is 0. The van der Waals surface area contributed by atoms with Crippen LogP contribution in [0, 0.1) is 0 Å². The second-order valence-electron chi connectivity index (χ2n) is 5.35. The van der Waals surface area contributed by atoms with Gasteiger partial charge in [0.25, 0.3) is 0 Å². The van der Waals surface area contributed by atoms with E-state index in [0.717, 1.165) is 38.9 Å². The lowest BCUT2D eigenvalue weighted by atomic mass is 10.1. The van der Waals surface area contributed by atoms with Crippen molar-refractivity contribution in [2.75, 3.05) is 26.2 Å². The summed E-state index contributed by atoms with van der Waals surface area (Å²) in [4.78, 5) is 6.72. The Morgan fingerprint density at radius 3 is 3.00 bits per heavy atom. The lowest BCUT2D eigenvalue weighted by molar-refractivity contribution is -0.0350. The van der Waals surface area contributed by atoms with Crippen LogP contribution in [0.3, 0.4) is 0 Å². The molecule has 1 aliphatic heterocycles. The number of ether oxygens (including phenoxy) is 1. The molecule has 0 aliphatic carbocycles. The molecule has 1 aromatic rings. The number of aliphatic hydroxyl groups excluding tert-OH is 1. The molecule has 0 spiro atoms. The summed E-state index contributed by atoms with van der Waals surface area (Å²) in [6.45, 7) is 7.76. The van der Waals surface area contributed by atoms with Crippen molar-refractivity contribution >= 4 is 0 Å². The highest BCUT2D eigenvalue weighted by Crippen LogP contribution is 2.20. The number of aliphatic hydroxyl groups is 1.